The van der Waals surface area contributed by atoms with Crippen molar-refractivity contribution >= 4 is 32.3 Å². The quantitative estimate of drug-likeness (QED) is 0.216. The van der Waals surface area contributed by atoms with Gasteiger partial charge in [-0.05, 0) is 112 Å². The molecule has 0 atom stereocenters. The molecule has 5 aromatic carbocycles. The topological polar surface area (TPSA) is 52.9 Å². The van der Waals surface area contributed by atoms with Crippen LogP contribution in [0.25, 0.3) is 43.4 Å². The normalized spacial score (nSPS) is 14.6. The molecule has 35 heavy (non-hydrogen) atoms. The number of hydrogen-bond donors (Lipinski definition) is 2. The number of nitrogens with zero attached hydrogens (tertiary/aromatic N) is 1. The van der Waals surface area contributed by atoms with Crippen molar-refractivity contribution in [3.05, 3.63) is 78.9 Å². The number of aromatic hydroxyl groups is 2. The molecule has 0 spiro atoms. The van der Waals surface area contributed by atoms with Crippen LogP contribution in [0.5, 0.6) is 17.2 Å². The summed E-state index contributed by atoms with van der Waals surface area (Å²) in [7, 11) is 0. The molecule has 1 aliphatic rings. The van der Waals surface area contributed by atoms with Crippen LogP contribution in [0.2, 0.25) is 0 Å². The Labute approximate surface area is 205 Å². The second kappa shape index (κ2) is 9.12. The minimum Gasteiger partial charge on any atom is -0.508 e. The Hall–Kier alpha value is -3.76. The number of ether oxygens (including phenoxy) is 1. The van der Waals surface area contributed by atoms with E-state index in [0.29, 0.717) is 6.61 Å². The van der Waals surface area contributed by atoms with Crippen molar-refractivity contribution in [3.63, 3.8) is 0 Å². The molecule has 0 amide bonds. The van der Waals surface area contributed by atoms with Gasteiger partial charge in [-0.3, -0.25) is 4.90 Å². The van der Waals surface area contributed by atoms with Crippen molar-refractivity contribution in [3.8, 4) is 28.4 Å². The molecular weight excluding hydrogens is 434 g/mol. The lowest BCUT2D eigenvalue weighted by Gasteiger charge is -2.26. The summed E-state index contributed by atoms with van der Waals surface area (Å²) in [6, 6.07) is 25.6. The Morgan fingerprint density at radius 3 is 2.17 bits per heavy atom. The maximum Gasteiger partial charge on any atom is 0.119 e. The van der Waals surface area contributed by atoms with E-state index in [-0.39, 0.29) is 11.5 Å². The maximum absolute atomic E-state index is 10.3. The molecule has 2 N–H and O–H groups in total. The van der Waals surface area contributed by atoms with Crippen molar-refractivity contribution in [1.29, 1.82) is 0 Å². The maximum atomic E-state index is 10.3. The number of benzene rings is 5. The first kappa shape index (κ1) is 21.8. The first-order chi connectivity index (χ1) is 17.2. The highest BCUT2D eigenvalue weighted by Crippen LogP contribution is 2.42. The van der Waals surface area contributed by atoms with Crippen LogP contribution in [0.3, 0.4) is 0 Å². The fourth-order valence-corrected chi connectivity index (χ4v) is 5.42. The lowest BCUT2D eigenvalue weighted by Crippen LogP contribution is -2.33. The van der Waals surface area contributed by atoms with Gasteiger partial charge in [-0.15, -0.1) is 0 Å². The molecule has 0 bridgehead atoms. The molecule has 0 unspecified atom stereocenters. The number of hydrogen-bond acceptors (Lipinski definition) is 4. The number of likely N-dealkylation sites (tertiary alicyclic amines) is 1. The fourth-order valence-electron chi connectivity index (χ4n) is 5.42. The third-order valence-electron chi connectivity index (χ3n) is 7.17. The molecule has 1 heterocycles. The summed E-state index contributed by atoms with van der Waals surface area (Å²) in [5.74, 6) is 1.37. The number of piperidine rings is 1. The summed E-state index contributed by atoms with van der Waals surface area (Å²) in [4.78, 5) is 2.48. The van der Waals surface area contributed by atoms with E-state index in [4.69, 9.17) is 4.74 Å². The second-order valence-electron chi connectivity index (χ2n) is 9.50. The van der Waals surface area contributed by atoms with Gasteiger partial charge in [0.2, 0.25) is 0 Å². The van der Waals surface area contributed by atoms with Gasteiger partial charge in [0.15, 0.2) is 0 Å². The smallest absolute Gasteiger partial charge is 0.119 e. The number of rotatable bonds is 5. The Morgan fingerprint density at radius 2 is 1.34 bits per heavy atom. The van der Waals surface area contributed by atoms with Gasteiger partial charge in [0.05, 0.1) is 0 Å². The number of fused-ring (bicyclic) bond motifs is 4. The zero-order valence-electron chi connectivity index (χ0n) is 19.7. The third kappa shape index (κ3) is 4.26. The van der Waals surface area contributed by atoms with E-state index in [1.54, 1.807) is 18.2 Å². The zero-order chi connectivity index (χ0) is 23.8. The second-order valence-corrected chi connectivity index (χ2v) is 9.50. The highest BCUT2D eigenvalue weighted by atomic mass is 16.5. The van der Waals surface area contributed by atoms with Crippen LogP contribution in [-0.4, -0.2) is 41.4 Å². The van der Waals surface area contributed by atoms with Crippen LogP contribution in [0.4, 0.5) is 0 Å². The largest absolute Gasteiger partial charge is 0.508 e. The van der Waals surface area contributed by atoms with E-state index in [2.05, 4.69) is 29.2 Å². The van der Waals surface area contributed by atoms with E-state index >= 15 is 0 Å². The van der Waals surface area contributed by atoms with E-state index in [1.165, 1.54) is 32.4 Å². The van der Waals surface area contributed by atoms with Gasteiger partial charge in [0.25, 0.3) is 0 Å². The Morgan fingerprint density at radius 1 is 0.657 bits per heavy atom. The molecule has 1 fully saturated rings. The van der Waals surface area contributed by atoms with Crippen LogP contribution in [-0.2, 0) is 0 Å². The molecule has 5 aromatic rings. The highest BCUT2D eigenvalue weighted by Gasteiger charge is 2.15. The van der Waals surface area contributed by atoms with Gasteiger partial charge >= 0.3 is 0 Å². The van der Waals surface area contributed by atoms with E-state index in [0.717, 1.165) is 55.7 Å². The van der Waals surface area contributed by atoms with Crippen LogP contribution >= 0.6 is 0 Å². The molecule has 0 aromatic heterocycles. The lowest BCUT2D eigenvalue weighted by molar-refractivity contribution is 0.183. The molecule has 0 aliphatic carbocycles. The first-order valence-corrected chi connectivity index (χ1v) is 12.4. The van der Waals surface area contributed by atoms with Gasteiger partial charge in [0, 0.05) is 6.54 Å². The molecule has 6 rings (SSSR count). The van der Waals surface area contributed by atoms with E-state index < -0.39 is 0 Å². The van der Waals surface area contributed by atoms with E-state index in [9.17, 15) is 10.2 Å². The summed E-state index contributed by atoms with van der Waals surface area (Å²) in [6.45, 7) is 4.01. The standard InChI is InChI=1S/C31H29NO3/c33-25-10-13-28-23(19-25)4-5-24-18-22-6-9-26(34)20-29(22)30(31(24)28)21-7-11-27(12-8-21)35-17-16-32-14-2-1-3-15-32/h4-13,18-20,33-34H,1-3,14-17H2. The zero-order valence-corrected chi connectivity index (χ0v) is 19.7. The minimum atomic E-state index is 0.244. The average Bonchev–Trinajstić information content (AvgIpc) is 2.88. The summed E-state index contributed by atoms with van der Waals surface area (Å²) in [5, 5.41) is 26.7. The predicted octanol–water partition coefficient (Wildman–Crippen LogP) is 7.09. The lowest BCUT2D eigenvalue weighted by atomic mass is 9.89. The molecule has 1 saturated heterocycles. The third-order valence-corrected chi connectivity index (χ3v) is 7.17. The van der Waals surface area contributed by atoms with Crippen molar-refractivity contribution in [2.75, 3.05) is 26.2 Å². The SMILES string of the molecule is Oc1ccc2c(ccc3cc4ccc(O)cc4c(-c4ccc(OCCN5CCCCC5)cc4)c32)c1. The molecule has 0 radical (unpaired) electrons. The predicted molar refractivity (Wildman–Crippen MR) is 144 cm³/mol. The monoisotopic (exact) mass is 463 g/mol. The van der Waals surface area contributed by atoms with Crippen molar-refractivity contribution in [2.24, 2.45) is 0 Å². The van der Waals surface area contributed by atoms with Crippen LogP contribution in [0.15, 0.2) is 78.9 Å². The number of phenols is 2. The Bertz CT molecular complexity index is 1520. The fraction of sp³-hybridized carbons (Fsp3) is 0.226. The van der Waals surface area contributed by atoms with Gasteiger partial charge in [-0.2, -0.15) is 0 Å². The number of phenolic OH excluding ortho intramolecular Hbond substituents is 2. The average molecular weight is 464 g/mol. The van der Waals surface area contributed by atoms with Crippen LogP contribution in [0.1, 0.15) is 19.3 Å². The molecule has 1 aliphatic heterocycles. The Kier molecular flexibility index (Phi) is 5.67. The summed E-state index contributed by atoms with van der Waals surface area (Å²) in [6.07, 6.45) is 3.92. The summed E-state index contributed by atoms with van der Waals surface area (Å²) < 4.78 is 6.07. The summed E-state index contributed by atoms with van der Waals surface area (Å²) >= 11 is 0. The molecule has 4 heteroatoms. The molecular formula is C31H29NO3. The molecule has 4 nitrogen and oxygen atoms in total. The molecule has 176 valence electrons. The molecule has 0 saturated carbocycles. The van der Waals surface area contributed by atoms with Gasteiger partial charge < -0.3 is 14.9 Å². The van der Waals surface area contributed by atoms with Gasteiger partial charge in [0.1, 0.15) is 23.9 Å². The Balaban J connectivity index is 1.42. The van der Waals surface area contributed by atoms with Gasteiger partial charge in [-0.25, -0.2) is 0 Å². The van der Waals surface area contributed by atoms with E-state index in [1.807, 2.05) is 36.4 Å². The van der Waals surface area contributed by atoms with Crippen molar-refractivity contribution in [1.82, 2.24) is 4.90 Å². The van der Waals surface area contributed by atoms with Crippen molar-refractivity contribution < 1.29 is 14.9 Å². The minimum absolute atomic E-state index is 0.244. The van der Waals surface area contributed by atoms with Gasteiger partial charge in [-0.1, -0.05) is 42.8 Å². The van der Waals surface area contributed by atoms with Crippen LogP contribution < -0.4 is 4.74 Å². The van der Waals surface area contributed by atoms with Crippen molar-refractivity contribution in [2.45, 2.75) is 19.3 Å². The highest BCUT2D eigenvalue weighted by molar-refractivity contribution is 6.22. The van der Waals surface area contributed by atoms with Crippen LogP contribution in [0, 0.1) is 0 Å². The summed E-state index contributed by atoms with van der Waals surface area (Å²) in [5.41, 5.74) is 2.14. The first-order valence-electron chi connectivity index (χ1n) is 12.4.